The van der Waals surface area contributed by atoms with Gasteiger partial charge in [-0.1, -0.05) is 36.7 Å². The molecule has 2 atom stereocenters. The number of halogens is 1. The van der Waals surface area contributed by atoms with Gasteiger partial charge in [-0.3, -0.25) is 9.69 Å². The van der Waals surface area contributed by atoms with E-state index in [-0.39, 0.29) is 17.9 Å². The highest BCUT2D eigenvalue weighted by Gasteiger charge is 2.27. The van der Waals surface area contributed by atoms with Gasteiger partial charge in [0.05, 0.1) is 0 Å². The van der Waals surface area contributed by atoms with E-state index in [1.165, 1.54) is 0 Å². The highest BCUT2D eigenvalue weighted by molar-refractivity contribution is 6.31. The third kappa shape index (κ3) is 4.00. The number of hydrogen-bond acceptors (Lipinski definition) is 3. The second-order valence-corrected chi connectivity index (χ2v) is 6.42. The summed E-state index contributed by atoms with van der Waals surface area (Å²) in [6.45, 7) is 8.27. The fourth-order valence-electron chi connectivity index (χ4n) is 3.05. The van der Waals surface area contributed by atoms with Crippen LogP contribution >= 0.6 is 11.6 Å². The molecule has 122 valence electrons. The molecular formula is C17H26ClN3O. The Morgan fingerprint density at radius 1 is 1.23 bits per heavy atom. The van der Waals surface area contributed by atoms with Crippen LogP contribution in [0.1, 0.15) is 25.5 Å². The number of benzene rings is 1. The van der Waals surface area contributed by atoms with E-state index in [4.69, 9.17) is 11.6 Å². The van der Waals surface area contributed by atoms with Crippen molar-refractivity contribution in [1.29, 1.82) is 0 Å². The number of nitrogens with zero attached hydrogens (tertiary/aromatic N) is 2. The maximum Gasteiger partial charge on any atom is 0.226 e. The Balaban J connectivity index is 1.92. The van der Waals surface area contributed by atoms with E-state index in [1.54, 1.807) is 0 Å². The Morgan fingerprint density at radius 3 is 2.45 bits per heavy atom. The average molecular weight is 324 g/mol. The van der Waals surface area contributed by atoms with Crippen molar-refractivity contribution < 1.29 is 4.79 Å². The Bertz CT molecular complexity index is 500. The molecule has 0 aliphatic carbocycles. The molecule has 0 bridgehead atoms. The minimum Gasteiger partial charge on any atom is -0.340 e. The third-order valence-electron chi connectivity index (χ3n) is 4.46. The zero-order chi connectivity index (χ0) is 16.1. The SMILES string of the molecule is CNCC(C)C(=O)N1CCN(C(C)c2ccccc2Cl)CC1. The summed E-state index contributed by atoms with van der Waals surface area (Å²) in [7, 11) is 1.88. The lowest BCUT2D eigenvalue weighted by atomic mass is 10.1. The van der Waals surface area contributed by atoms with Crippen molar-refractivity contribution in [3.63, 3.8) is 0 Å². The first kappa shape index (κ1) is 17.3. The third-order valence-corrected chi connectivity index (χ3v) is 4.81. The van der Waals surface area contributed by atoms with Crippen LogP contribution in [0.25, 0.3) is 0 Å². The highest BCUT2D eigenvalue weighted by Crippen LogP contribution is 2.27. The van der Waals surface area contributed by atoms with Crippen LogP contribution in [0.3, 0.4) is 0 Å². The lowest BCUT2D eigenvalue weighted by molar-refractivity contribution is -0.136. The number of piperazine rings is 1. The molecular weight excluding hydrogens is 298 g/mol. The molecule has 1 N–H and O–H groups in total. The van der Waals surface area contributed by atoms with Crippen molar-refractivity contribution in [2.24, 2.45) is 5.92 Å². The van der Waals surface area contributed by atoms with Gasteiger partial charge < -0.3 is 10.2 Å². The number of rotatable bonds is 5. The van der Waals surface area contributed by atoms with Crippen LogP contribution in [0, 0.1) is 5.92 Å². The van der Waals surface area contributed by atoms with Gasteiger partial charge in [0.15, 0.2) is 0 Å². The summed E-state index contributed by atoms with van der Waals surface area (Å²) in [6, 6.07) is 8.28. The number of nitrogens with one attached hydrogen (secondary N) is 1. The topological polar surface area (TPSA) is 35.6 Å². The summed E-state index contributed by atoms with van der Waals surface area (Å²) in [5.41, 5.74) is 1.16. The zero-order valence-electron chi connectivity index (χ0n) is 13.7. The van der Waals surface area contributed by atoms with E-state index in [9.17, 15) is 4.79 Å². The standard InChI is InChI=1S/C17H26ClN3O/c1-13(12-19-3)17(22)21-10-8-20(9-11-21)14(2)15-6-4-5-7-16(15)18/h4-7,13-14,19H,8-12H2,1-3H3. The molecule has 4 nitrogen and oxygen atoms in total. The van der Waals surface area contributed by atoms with Crippen LogP contribution in [0.2, 0.25) is 5.02 Å². The zero-order valence-corrected chi connectivity index (χ0v) is 14.4. The molecule has 0 saturated carbocycles. The maximum atomic E-state index is 12.3. The fraction of sp³-hybridized carbons (Fsp3) is 0.588. The van der Waals surface area contributed by atoms with E-state index >= 15 is 0 Å². The summed E-state index contributed by atoms with van der Waals surface area (Å²) >= 11 is 6.30. The Labute approximate surface area is 138 Å². The Kier molecular flexibility index (Phi) is 6.24. The molecule has 1 fully saturated rings. The lowest BCUT2D eigenvalue weighted by Crippen LogP contribution is -2.51. The molecule has 0 radical (unpaired) electrons. The minimum absolute atomic E-state index is 0.0394. The van der Waals surface area contributed by atoms with E-state index < -0.39 is 0 Å². The average Bonchev–Trinajstić information content (AvgIpc) is 2.54. The molecule has 5 heteroatoms. The first-order valence-electron chi connectivity index (χ1n) is 7.96. The Hall–Kier alpha value is -1.10. The number of amides is 1. The summed E-state index contributed by atoms with van der Waals surface area (Å²) in [5, 5.41) is 3.89. The van der Waals surface area contributed by atoms with Crippen molar-refractivity contribution in [3.8, 4) is 0 Å². The smallest absolute Gasteiger partial charge is 0.226 e. The normalized spacial score (nSPS) is 19.0. The van der Waals surface area contributed by atoms with Crippen molar-refractivity contribution >= 4 is 17.5 Å². The fourth-order valence-corrected chi connectivity index (χ4v) is 3.34. The lowest BCUT2D eigenvalue weighted by Gasteiger charge is -2.39. The van der Waals surface area contributed by atoms with Gasteiger partial charge in [-0.25, -0.2) is 0 Å². The summed E-state index contributed by atoms with van der Waals surface area (Å²) in [5.74, 6) is 0.289. The van der Waals surface area contributed by atoms with E-state index in [0.29, 0.717) is 0 Å². The van der Waals surface area contributed by atoms with Crippen molar-refractivity contribution in [1.82, 2.24) is 15.1 Å². The van der Waals surface area contributed by atoms with Crippen LogP contribution in [-0.2, 0) is 4.79 Å². The van der Waals surface area contributed by atoms with Crippen LogP contribution in [0.15, 0.2) is 24.3 Å². The van der Waals surface area contributed by atoms with Gasteiger partial charge in [-0.15, -0.1) is 0 Å². The molecule has 1 amide bonds. The van der Waals surface area contributed by atoms with E-state index in [1.807, 2.05) is 37.1 Å². The number of carbonyl (C=O) groups excluding carboxylic acids is 1. The van der Waals surface area contributed by atoms with E-state index in [2.05, 4.69) is 23.2 Å². The second kappa shape index (κ2) is 7.95. The van der Waals surface area contributed by atoms with Crippen molar-refractivity contribution in [2.75, 3.05) is 39.8 Å². The Morgan fingerprint density at radius 2 is 1.86 bits per heavy atom. The predicted octanol–water partition coefficient (Wildman–Crippen LogP) is 2.40. The molecule has 1 aliphatic rings. The summed E-state index contributed by atoms with van der Waals surface area (Å²) < 4.78 is 0. The molecule has 2 unspecified atom stereocenters. The van der Waals surface area contributed by atoms with Crippen molar-refractivity contribution in [3.05, 3.63) is 34.9 Å². The van der Waals surface area contributed by atoms with Gasteiger partial charge in [-0.2, -0.15) is 0 Å². The predicted molar refractivity (Wildman–Crippen MR) is 91.1 cm³/mol. The molecule has 1 saturated heterocycles. The van der Waals surface area contributed by atoms with Gasteiger partial charge in [-0.05, 0) is 25.6 Å². The molecule has 1 aliphatic heterocycles. The van der Waals surface area contributed by atoms with Crippen molar-refractivity contribution in [2.45, 2.75) is 19.9 Å². The maximum absolute atomic E-state index is 12.3. The summed E-state index contributed by atoms with van der Waals surface area (Å²) in [6.07, 6.45) is 0. The summed E-state index contributed by atoms with van der Waals surface area (Å²) in [4.78, 5) is 16.7. The molecule has 1 aromatic rings. The van der Waals surface area contributed by atoms with Gasteiger partial charge >= 0.3 is 0 Å². The molecule has 1 aromatic carbocycles. The van der Waals surface area contributed by atoms with Gasteiger partial charge in [0, 0.05) is 49.7 Å². The quantitative estimate of drug-likeness (QED) is 0.904. The van der Waals surface area contributed by atoms with Crippen LogP contribution in [0.5, 0.6) is 0 Å². The number of hydrogen-bond donors (Lipinski definition) is 1. The molecule has 22 heavy (non-hydrogen) atoms. The van der Waals surface area contributed by atoms with Crippen LogP contribution in [-0.4, -0.2) is 55.5 Å². The molecule has 1 heterocycles. The highest BCUT2D eigenvalue weighted by atomic mass is 35.5. The van der Waals surface area contributed by atoms with Crippen LogP contribution < -0.4 is 5.32 Å². The van der Waals surface area contributed by atoms with Gasteiger partial charge in [0.1, 0.15) is 0 Å². The second-order valence-electron chi connectivity index (χ2n) is 6.02. The molecule has 0 aromatic heterocycles. The van der Waals surface area contributed by atoms with Gasteiger partial charge in [0.25, 0.3) is 0 Å². The number of carbonyl (C=O) groups is 1. The first-order chi connectivity index (χ1) is 10.5. The van der Waals surface area contributed by atoms with Crippen LogP contribution in [0.4, 0.5) is 0 Å². The minimum atomic E-state index is 0.0394. The van der Waals surface area contributed by atoms with Gasteiger partial charge in [0.2, 0.25) is 5.91 Å². The monoisotopic (exact) mass is 323 g/mol. The molecule has 0 spiro atoms. The van der Waals surface area contributed by atoms with E-state index in [0.717, 1.165) is 43.3 Å². The molecule has 2 rings (SSSR count). The largest absolute Gasteiger partial charge is 0.340 e. The first-order valence-corrected chi connectivity index (χ1v) is 8.34.